The Hall–Kier alpha value is -3.14. The van der Waals surface area contributed by atoms with E-state index in [1.165, 1.54) is 12.1 Å². The Kier molecular flexibility index (Phi) is 4.80. The summed E-state index contributed by atoms with van der Waals surface area (Å²) in [5.74, 6) is 0.0651. The van der Waals surface area contributed by atoms with Crippen molar-refractivity contribution in [3.8, 4) is 22.6 Å². The van der Waals surface area contributed by atoms with Crippen LogP contribution in [0.2, 0.25) is 0 Å². The zero-order chi connectivity index (χ0) is 17.8. The number of carboxylic acid groups (broad SMARTS) is 1. The van der Waals surface area contributed by atoms with Gasteiger partial charge in [0.1, 0.15) is 17.3 Å². The molecule has 1 N–H and O–H groups in total. The van der Waals surface area contributed by atoms with Crippen molar-refractivity contribution in [2.24, 2.45) is 0 Å². The molecular weight excluding hydrogens is 319 g/mol. The molecule has 0 atom stereocenters. The quantitative estimate of drug-likeness (QED) is 0.695. The fourth-order valence-electron chi connectivity index (χ4n) is 2.71. The Morgan fingerprint density at radius 3 is 2.44 bits per heavy atom. The van der Waals surface area contributed by atoms with Gasteiger partial charge in [0.05, 0.1) is 6.42 Å². The summed E-state index contributed by atoms with van der Waals surface area (Å²) in [6, 6.07) is 19.2. The molecule has 25 heavy (non-hydrogen) atoms. The third-order valence-corrected chi connectivity index (χ3v) is 3.82. The van der Waals surface area contributed by atoms with Crippen LogP contribution < -0.4 is 4.74 Å². The minimum absolute atomic E-state index is 0.0496. The Balaban J connectivity index is 1.86. The summed E-state index contributed by atoms with van der Waals surface area (Å²) in [6.45, 7) is 1.86. The number of ether oxygens (including phenoxy) is 1. The number of aryl methyl sites for hydroxylation is 1. The maximum atomic E-state index is 13.3. The Labute approximate surface area is 145 Å². The zero-order valence-electron chi connectivity index (χ0n) is 13.7. The minimum atomic E-state index is -0.883. The first-order chi connectivity index (χ1) is 12.0. The largest absolute Gasteiger partial charge is 0.481 e. The molecule has 0 spiro atoms. The monoisotopic (exact) mass is 336 g/mol. The first-order valence-corrected chi connectivity index (χ1v) is 7.86. The van der Waals surface area contributed by atoms with Gasteiger partial charge in [0.2, 0.25) is 0 Å². The highest BCUT2D eigenvalue weighted by molar-refractivity contribution is 5.70. The van der Waals surface area contributed by atoms with Crippen molar-refractivity contribution in [2.45, 2.75) is 13.3 Å². The van der Waals surface area contributed by atoms with E-state index in [1.807, 2.05) is 31.2 Å². The zero-order valence-corrected chi connectivity index (χ0v) is 13.7. The molecule has 0 aromatic heterocycles. The fraction of sp³-hybridized carbons (Fsp3) is 0.0952. The molecule has 0 bridgehead atoms. The number of benzene rings is 3. The molecule has 0 aliphatic carbocycles. The molecule has 0 saturated carbocycles. The molecule has 0 saturated heterocycles. The van der Waals surface area contributed by atoms with E-state index in [2.05, 4.69) is 0 Å². The molecule has 0 heterocycles. The molecule has 4 heteroatoms. The summed E-state index contributed by atoms with van der Waals surface area (Å²) in [7, 11) is 0. The number of hydrogen-bond acceptors (Lipinski definition) is 2. The van der Waals surface area contributed by atoms with Crippen LogP contribution in [-0.4, -0.2) is 11.1 Å². The third-order valence-electron chi connectivity index (χ3n) is 3.82. The maximum Gasteiger partial charge on any atom is 0.307 e. The van der Waals surface area contributed by atoms with Crippen molar-refractivity contribution < 1.29 is 19.0 Å². The molecule has 0 aliphatic rings. The molecule has 3 aromatic carbocycles. The number of aliphatic carboxylic acids is 1. The molecule has 3 rings (SSSR count). The van der Waals surface area contributed by atoms with E-state index in [9.17, 15) is 9.18 Å². The molecule has 0 radical (unpaired) electrons. The third kappa shape index (κ3) is 4.23. The molecule has 0 unspecified atom stereocenters. The highest BCUT2D eigenvalue weighted by Gasteiger charge is 2.06. The predicted octanol–water partition coefficient (Wildman–Crippen LogP) is 5.22. The van der Waals surface area contributed by atoms with Crippen LogP contribution in [0.25, 0.3) is 11.1 Å². The number of carboxylic acids is 1. The van der Waals surface area contributed by atoms with E-state index in [0.717, 1.165) is 16.7 Å². The van der Waals surface area contributed by atoms with Crippen molar-refractivity contribution in [3.05, 3.63) is 83.7 Å². The molecule has 0 fully saturated rings. The second kappa shape index (κ2) is 7.18. The topological polar surface area (TPSA) is 46.5 Å². The Morgan fingerprint density at radius 2 is 1.72 bits per heavy atom. The van der Waals surface area contributed by atoms with Crippen LogP contribution in [0.15, 0.2) is 66.7 Å². The van der Waals surface area contributed by atoms with Gasteiger partial charge in [-0.15, -0.1) is 0 Å². The second-order valence-electron chi connectivity index (χ2n) is 5.81. The van der Waals surface area contributed by atoms with Gasteiger partial charge in [-0.2, -0.15) is 0 Å². The van der Waals surface area contributed by atoms with Gasteiger partial charge in [-0.3, -0.25) is 4.79 Å². The van der Waals surface area contributed by atoms with Gasteiger partial charge in [0, 0.05) is 0 Å². The summed E-state index contributed by atoms with van der Waals surface area (Å²) < 4.78 is 19.2. The lowest BCUT2D eigenvalue weighted by Crippen LogP contribution is -1.99. The van der Waals surface area contributed by atoms with Crippen LogP contribution >= 0.6 is 0 Å². The van der Waals surface area contributed by atoms with Crippen molar-refractivity contribution in [1.29, 1.82) is 0 Å². The van der Waals surface area contributed by atoms with Gasteiger partial charge in [-0.05, 0) is 65.6 Å². The minimum Gasteiger partial charge on any atom is -0.481 e. The van der Waals surface area contributed by atoms with Crippen molar-refractivity contribution in [2.75, 3.05) is 0 Å². The number of halogens is 1. The summed E-state index contributed by atoms with van der Waals surface area (Å²) in [6.07, 6.45) is -0.0496. The maximum absolute atomic E-state index is 13.3. The van der Waals surface area contributed by atoms with Crippen molar-refractivity contribution in [3.63, 3.8) is 0 Å². The number of rotatable bonds is 5. The van der Waals surface area contributed by atoms with E-state index in [0.29, 0.717) is 17.1 Å². The van der Waals surface area contributed by atoms with Crippen LogP contribution in [0, 0.1) is 12.7 Å². The van der Waals surface area contributed by atoms with Gasteiger partial charge < -0.3 is 9.84 Å². The molecule has 3 aromatic rings. The van der Waals surface area contributed by atoms with Gasteiger partial charge in [-0.1, -0.05) is 30.3 Å². The van der Waals surface area contributed by atoms with E-state index < -0.39 is 5.97 Å². The highest BCUT2D eigenvalue weighted by atomic mass is 19.1. The van der Waals surface area contributed by atoms with Gasteiger partial charge >= 0.3 is 5.97 Å². The summed E-state index contributed by atoms with van der Waals surface area (Å²) in [5, 5.41) is 8.89. The Morgan fingerprint density at radius 1 is 1.00 bits per heavy atom. The van der Waals surface area contributed by atoms with Gasteiger partial charge in [-0.25, -0.2) is 4.39 Å². The van der Waals surface area contributed by atoms with Gasteiger partial charge in [0.15, 0.2) is 0 Å². The van der Waals surface area contributed by atoms with E-state index >= 15 is 0 Å². The van der Waals surface area contributed by atoms with E-state index in [1.54, 1.807) is 30.3 Å². The first-order valence-electron chi connectivity index (χ1n) is 7.86. The molecule has 0 aliphatic heterocycles. The lowest BCUT2D eigenvalue weighted by Gasteiger charge is -2.10. The molecule has 126 valence electrons. The molecule has 3 nitrogen and oxygen atoms in total. The van der Waals surface area contributed by atoms with Crippen LogP contribution in [0.3, 0.4) is 0 Å². The molecule has 0 amide bonds. The molecular formula is C21H17FO3. The lowest BCUT2D eigenvalue weighted by molar-refractivity contribution is -0.136. The number of carbonyl (C=O) groups is 1. The van der Waals surface area contributed by atoms with Crippen molar-refractivity contribution in [1.82, 2.24) is 0 Å². The standard InChI is InChI=1S/C21H17FO3/c1-14-10-17(22)8-9-20(14)16-5-3-7-19(13-16)25-18-6-2-4-15(11-18)12-21(23)24/h2-11,13H,12H2,1H3,(H,23,24). The van der Waals surface area contributed by atoms with Crippen LogP contribution in [0.1, 0.15) is 11.1 Å². The first kappa shape index (κ1) is 16.7. The average molecular weight is 336 g/mol. The lowest BCUT2D eigenvalue weighted by atomic mass is 10.0. The van der Waals surface area contributed by atoms with Crippen LogP contribution in [-0.2, 0) is 11.2 Å². The van der Waals surface area contributed by atoms with E-state index in [4.69, 9.17) is 9.84 Å². The predicted molar refractivity (Wildman–Crippen MR) is 94.4 cm³/mol. The highest BCUT2D eigenvalue weighted by Crippen LogP contribution is 2.29. The average Bonchev–Trinajstić information content (AvgIpc) is 2.55. The summed E-state index contributed by atoms with van der Waals surface area (Å²) in [4.78, 5) is 10.8. The van der Waals surface area contributed by atoms with Crippen LogP contribution in [0.5, 0.6) is 11.5 Å². The van der Waals surface area contributed by atoms with Crippen LogP contribution in [0.4, 0.5) is 4.39 Å². The SMILES string of the molecule is Cc1cc(F)ccc1-c1cccc(Oc2cccc(CC(=O)O)c2)c1. The summed E-state index contributed by atoms with van der Waals surface area (Å²) in [5.41, 5.74) is 3.39. The normalized spacial score (nSPS) is 10.5. The van der Waals surface area contributed by atoms with Crippen molar-refractivity contribution >= 4 is 5.97 Å². The van der Waals surface area contributed by atoms with Gasteiger partial charge in [0.25, 0.3) is 0 Å². The Bertz CT molecular complexity index is 919. The summed E-state index contributed by atoms with van der Waals surface area (Å²) >= 11 is 0. The smallest absolute Gasteiger partial charge is 0.307 e. The second-order valence-corrected chi connectivity index (χ2v) is 5.81. The number of hydrogen-bond donors (Lipinski definition) is 1. The van der Waals surface area contributed by atoms with E-state index in [-0.39, 0.29) is 12.2 Å². The fourth-order valence-corrected chi connectivity index (χ4v) is 2.71.